The Morgan fingerprint density at radius 3 is 2.40 bits per heavy atom. The van der Waals surface area contributed by atoms with Crippen molar-refractivity contribution in [2.24, 2.45) is 5.92 Å². The van der Waals surface area contributed by atoms with E-state index in [1.54, 1.807) is 4.90 Å². The number of carboxylic acid groups (broad SMARTS) is 1. The number of amides is 2. The summed E-state index contributed by atoms with van der Waals surface area (Å²) in [5.41, 5.74) is 0. The second-order valence-corrected chi connectivity index (χ2v) is 6.63. The summed E-state index contributed by atoms with van der Waals surface area (Å²) in [6, 6.07) is -1.19. The van der Waals surface area contributed by atoms with Gasteiger partial charge < -0.3 is 14.9 Å². The molecule has 3 aliphatic rings. The summed E-state index contributed by atoms with van der Waals surface area (Å²) in [5, 5.41) is 9.16. The summed E-state index contributed by atoms with van der Waals surface area (Å²) in [4.78, 5) is 39.0. The number of likely N-dealkylation sites (tertiary alicyclic amines) is 1. The van der Waals surface area contributed by atoms with E-state index >= 15 is 0 Å². The number of nitrogens with zero attached hydrogens (tertiary/aromatic N) is 2. The average Bonchev–Trinajstić information content (AvgIpc) is 2.97. The summed E-state index contributed by atoms with van der Waals surface area (Å²) in [6.45, 7) is 0.629. The first-order valence-corrected chi connectivity index (χ1v) is 8.16. The Balaban J connectivity index is 1.72. The minimum Gasteiger partial charge on any atom is -0.480 e. The van der Waals surface area contributed by atoms with Gasteiger partial charge in [-0.3, -0.25) is 9.59 Å². The van der Waals surface area contributed by atoms with Gasteiger partial charge in [0, 0.05) is 18.2 Å². The number of carboxylic acids is 1. The Bertz CT molecular complexity index is 452. The van der Waals surface area contributed by atoms with E-state index in [-0.39, 0.29) is 17.7 Å². The lowest BCUT2D eigenvalue weighted by Gasteiger charge is -2.29. The van der Waals surface area contributed by atoms with Gasteiger partial charge in [-0.05, 0) is 25.7 Å². The number of rotatable bonds is 3. The molecule has 6 nitrogen and oxygen atoms in total. The Hall–Kier alpha value is -1.24. The number of aliphatic carboxylic acids is 1. The van der Waals surface area contributed by atoms with Crippen molar-refractivity contribution >= 4 is 29.5 Å². The van der Waals surface area contributed by atoms with Gasteiger partial charge in [-0.1, -0.05) is 0 Å². The molecule has 2 saturated heterocycles. The molecule has 0 bridgehead atoms. The number of thioether (sulfide) groups is 1. The molecule has 20 heavy (non-hydrogen) atoms. The first-order chi connectivity index (χ1) is 9.59. The molecule has 0 spiro atoms. The topological polar surface area (TPSA) is 77.9 Å². The average molecular weight is 298 g/mol. The van der Waals surface area contributed by atoms with E-state index in [1.165, 1.54) is 16.7 Å². The van der Waals surface area contributed by atoms with Crippen molar-refractivity contribution in [1.82, 2.24) is 9.80 Å². The van der Waals surface area contributed by atoms with Crippen LogP contribution in [0.5, 0.6) is 0 Å². The van der Waals surface area contributed by atoms with Crippen LogP contribution in [0, 0.1) is 5.92 Å². The third-order valence-corrected chi connectivity index (χ3v) is 5.21. The van der Waals surface area contributed by atoms with E-state index < -0.39 is 18.1 Å². The second-order valence-electron chi connectivity index (χ2n) is 5.63. The van der Waals surface area contributed by atoms with Gasteiger partial charge in [0.05, 0.1) is 5.88 Å². The monoisotopic (exact) mass is 298 g/mol. The molecule has 1 saturated carbocycles. The van der Waals surface area contributed by atoms with E-state index in [0.717, 1.165) is 19.3 Å². The summed E-state index contributed by atoms with van der Waals surface area (Å²) < 4.78 is 0. The van der Waals surface area contributed by atoms with Crippen LogP contribution >= 0.6 is 11.8 Å². The van der Waals surface area contributed by atoms with Gasteiger partial charge in [0.25, 0.3) is 0 Å². The van der Waals surface area contributed by atoms with E-state index in [4.69, 9.17) is 5.11 Å². The second kappa shape index (κ2) is 5.27. The minimum atomic E-state index is -0.957. The van der Waals surface area contributed by atoms with Crippen molar-refractivity contribution < 1.29 is 19.5 Å². The molecule has 3 rings (SSSR count). The van der Waals surface area contributed by atoms with E-state index in [0.29, 0.717) is 24.6 Å². The van der Waals surface area contributed by atoms with Crippen LogP contribution in [0.2, 0.25) is 0 Å². The largest absolute Gasteiger partial charge is 0.480 e. The highest BCUT2D eigenvalue weighted by Crippen LogP contribution is 2.34. The van der Waals surface area contributed by atoms with E-state index in [1.807, 2.05) is 0 Å². The van der Waals surface area contributed by atoms with Crippen LogP contribution in [-0.2, 0) is 14.4 Å². The predicted octanol–water partition coefficient (Wildman–Crippen LogP) is 0.373. The fraction of sp³-hybridized carbons (Fsp3) is 0.769. The Kier molecular flexibility index (Phi) is 3.62. The van der Waals surface area contributed by atoms with Crippen molar-refractivity contribution in [3.05, 3.63) is 0 Å². The number of hydrogen-bond donors (Lipinski definition) is 1. The van der Waals surface area contributed by atoms with Gasteiger partial charge in [0.1, 0.15) is 12.1 Å². The summed E-state index contributed by atoms with van der Waals surface area (Å²) >= 11 is 1.45. The third kappa shape index (κ3) is 2.39. The van der Waals surface area contributed by atoms with E-state index in [2.05, 4.69) is 0 Å². The van der Waals surface area contributed by atoms with Crippen molar-refractivity contribution in [3.63, 3.8) is 0 Å². The molecule has 0 aromatic heterocycles. The lowest BCUT2D eigenvalue weighted by molar-refractivity contribution is -0.151. The Morgan fingerprint density at radius 1 is 1.00 bits per heavy atom. The molecule has 2 unspecified atom stereocenters. The standard InChI is InChI=1S/C13H18N2O4S/c16-11(8-3-4-8)14-5-1-2-9(14)12(17)15-7-20-6-10(15)13(18)19/h8-10H,1-7H2,(H,18,19). The van der Waals surface area contributed by atoms with Crippen LogP contribution in [0.15, 0.2) is 0 Å². The lowest BCUT2D eigenvalue weighted by atomic mass is 10.1. The lowest BCUT2D eigenvalue weighted by Crippen LogP contribution is -2.51. The molecule has 7 heteroatoms. The number of carbonyl (C=O) groups is 3. The minimum absolute atomic E-state index is 0.0829. The zero-order valence-electron chi connectivity index (χ0n) is 11.2. The molecular weight excluding hydrogens is 280 g/mol. The van der Waals surface area contributed by atoms with Gasteiger partial charge >= 0.3 is 5.97 Å². The molecule has 2 aliphatic heterocycles. The molecule has 2 heterocycles. The fourth-order valence-electron chi connectivity index (χ4n) is 2.91. The molecule has 2 amide bonds. The molecule has 0 aromatic carbocycles. The normalized spacial score (nSPS) is 29.8. The van der Waals surface area contributed by atoms with Gasteiger partial charge in [-0.25, -0.2) is 4.79 Å². The van der Waals surface area contributed by atoms with Crippen molar-refractivity contribution in [3.8, 4) is 0 Å². The molecule has 2 atom stereocenters. The van der Waals surface area contributed by atoms with Gasteiger partial charge in [0.2, 0.25) is 11.8 Å². The van der Waals surface area contributed by atoms with Crippen LogP contribution in [-0.4, -0.2) is 62.9 Å². The van der Waals surface area contributed by atoms with Gasteiger partial charge in [-0.15, -0.1) is 11.8 Å². The highest BCUT2D eigenvalue weighted by Gasteiger charge is 2.45. The van der Waals surface area contributed by atoms with Crippen LogP contribution in [0.1, 0.15) is 25.7 Å². The quantitative estimate of drug-likeness (QED) is 0.814. The smallest absolute Gasteiger partial charge is 0.327 e. The molecule has 1 N–H and O–H groups in total. The van der Waals surface area contributed by atoms with Crippen LogP contribution in [0.4, 0.5) is 0 Å². The maximum atomic E-state index is 12.6. The fourth-order valence-corrected chi connectivity index (χ4v) is 4.06. The SMILES string of the molecule is O=C(O)C1CSCN1C(=O)C1CCCN1C(=O)C1CC1. The zero-order chi connectivity index (χ0) is 14.3. The molecular formula is C13H18N2O4S. The molecule has 3 fully saturated rings. The predicted molar refractivity (Wildman–Crippen MR) is 73.1 cm³/mol. The maximum Gasteiger partial charge on any atom is 0.327 e. The Morgan fingerprint density at radius 2 is 1.75 bits per heavy atom. The first-order valence-electron chi connectivity index (χ1n) is 7.01. The molecule has 1 aliphatic carbocycles. The highest BCUT2D eigenvalue weighted by molar-refractivity contribution is 7.99. The molecule has 0 aromatic rings. The van der Waals surface area contributed by atoms with Crippen molar-refractivity contribution in [2.75, 3.05) is 18.2 Å². The number of carbonyl (C=O) groups excluding carboxylic acids is 2. The summed E-state index contributed by atoms with van der Waals surface area (Å²) in [7, 11) is 0. The molecule has 110 valence electrons. The van der Waals surface area contributed by atoms with Crippen LogP contribution in [0.3, 0.4) is 0 Å². The third-order valence-electron chi connectivity index (χ3n) is 4.20. The van der Waals surface area contributed by atoms with E-state index in [9.17, 15) is 14.4 Å². The van der Waals surface area contributed by atoms with Crippen molar-refractivity contribution in [1.29, 1.82) is 0 Å². The van der Waals surface area contributed by atoms with Crippen LogP contribution in [0.25, 0.3) is 0 Å². The number of hydrogen-bond acceptors (Lipinski definition) is 4. The zero-order valence-corrected chi connectivity index (χ0v) is 12.0. The van der Waals surface area contributed by atoms with Gasteiger partial charge in [-0.2, -0.15) is 0 Å². The Labute approximate surface area is 121 Å². The van der Waals surface area contributed by atoms with Gasteiger partial charge in [0.15, 0.2) is 0 Å². The summed E-state index contributed by atoms with van der Waals surface area (Å²) in [6.07, 6.45) is 3.33. The van der Waals surface area contributed by atoms with Crippen LogP contribution < -0.4 is 0 Å². The summed E-state index contributed by atoms with van der Waals surface area (Å²) in [5.74, 6) is -0.108. The van der Waals surface area contributed by atoms with Crippen molar-refractivity contribution in [2.45, 2.75) is 37.8 Å². The molecule has 0 radical (unpaired) electrons. The maximum absolute atomic E-state index is 12.6. The highest BCUT2D eigenvalue weighted by atomic mass is 32.2. The first kappa shape index (κ1) is 13.7.